The minimum atomic E-state index is -0.858. The van der Waals surface area contributed by atoms with Gasteiger partial charge in [-0.2, -0.15) is 0 Å². The third-order valence-electron chi connectivity index (χ3n) is 3.05. The Labute approximate surface area is 90.3 Å². The van der Waals surface area contributed by atoms with E-state index in [1.807, 2.05) is 6.92 Å². The van der Waals surface area contributed by atoms with Crippen LogP contribution in [-0.2, 0) is 9.59 Å². The molecule has 0 aliphatic carbocycles. The van der Waals surface area contributed by atoms with Gasteiger partial charge in [-0.25, -0.2) is 0 Å². The van der Waals surface area contributed by atoms with Crippen LogP contribution in [0.25, 0.3) is 0 Å². The maximum Gasteiger partial charge on any atom is 0.309 e. The van der Waals surface area contributed by atoms with Crippen LogP contribution in [0.5, 0.6) is 0 Å². The molecule has 0 saturated carbocycles. The lowest BCUT2D eigenvalue weighted by atomic mass is 10.0. The zero-order valence-corrected chi connectivity index (χ0v) is 9.56. The van der Waals surface area contributed by atoms with E-state index < -0.39 is 11.9 Å². The number of hydrogen-bond donors (Lipinski definition) is 1. The fourth-order valence-electron chi connectivity index (χ4n) is 1.94. The van der Waals surface area contributed by atoms with Gasteiger partial charge < -0.3 is 10.0 Å². The van der Waals surface area contributed by atoms with Crippen molar-refractivity contribution in [2.24, 2.45) is 11.8 Å². The second-order valence-corrected chi connectivity index (χ2v) is 4.66. The van der Waals surface area contributed by atoms with Crippen molar-refractivity contribution >= 4 is 11.9 Å². The molecule has 1 rings (SSSR count). The first-order valence-electron chi connectivity index (χ1n) is 5.45. The first kappa shape index (κ1) is 12.0. The van der Waals surface area contributed by atoms with Crippen molar-refractivity contribution in [1.29, 1.82) is 0 Å². The molecule has 2 atom stereocenters. The third-order valence-corrected chi connectivity index (χ3v) is 3.05. The molecule has 1 aliphatic rings. The number of amides is 1. The molecule has 0 aromatic rings. The molecule has 0 aromatic carbocycles. The smallest absolute Gasteiger partial charge is 0.309 e. The predicted octanol–water partition coefficient (Wildman–Crippen LogP) is 1.35. The van der Waals surface area contributed by atoms with E-state index >= 15 is 0 Å². The average molecular weight is 213 g/mol. The third kappa shape index (κ3) is 2.70. The Morgan fingerprint density at radius 2 is 2.20 bits per heavy atom. The van der Waals surface area contributed by atoms with Crippen molar-refractivity contribution in [3.05, 3.63) is 0 Å². The fourth-order valence-corrected chi connectivity index (χ4v) is 1.94. The normalized spacial score (nSPS) is 26.4. The van der Waals surface area contributed by atoms with Gasteiger partial charge in [0, 0.05) is 19.0 Å². The molecular weight excluding hydrogens is 194 g/mol. The molecule has 86 valence electrons. The lowest BCUT2D eigenvalue weighted by Crippen LogP contribution is -2.36. The molecule has 1 saturated heterocycles. The summed E-state index contributed by atoms with van der Waals surface area (Å²) in [6, 6.07) is -0.159. The minimum absolute atomic E-state index is 0.0180. The van der Waals surface area contributed by atoms with E-state index in [1.54, 1.807) is 4.90 Å². The molecule has 1 heterocycles. The number of carbonyl (C=O) groups excluding carboxylic acids is 1. The maximum atomic E-state index is 11.6. The first-order valence-corrected chi connectivity index (χ1v) is 5.45. The van der Waals surface area contributed by atoms with E-state index in [4.69, 9.17) is 5.11 Å². The van der Waals surface area contributed by atoms with Crippen LogP contribution in [0, 0.1) is 11.8 Å². The van der Waals surface area contributed by atoms with E-state index in [1.165, 1.54) is 0 Å². The highest BCUT2D eigenvalue weighted by Crippen LogP contribution is 2.26. The molecule has 1 fully saturated rings. The summed E-state index contributed by atoms with van der Waals surface area (Å²) in [5.41, 5.74) is 0. The molecule has 0 radical (unpaired) electrons. The number of likely N-dealkylation sites (tertiary alicyclic amines) is 1. The van der Waals surface area contributed by atoms with Crippen LogP contribution in [-0.4, -0.2) is 34.5 Å². The van der Waals surface area contributed by atoms with Crippen LogP contribution in [0.15, 0.2) is 0 Å². The van der Waals surface area contributed by atoms with Crippen LogP contribution < -0.4 is 0 Å². The number of rotatable bonds is 4. The molecule has 0 aromatic heterocycles. The summed E-state index contributed by atoms with van der Waals surface area (Å²) in [5, 5.41) is 8.92. The summed E-state index contributed by atoms with van der Waals surface area (Å²) in [6.07, 6.45) is 1.09. The van der Waals surface area contributed by atoms with Crippen molar-refractivity contribution in [2.45, 2.75) is 39.7 Å². The predicted molar refractivity (Wildman–Crippen MR) is 56.4 cm³/mol. The van der Waals surface area contributed by atoms with Gasteiger partial charge in [0.25, 0.3) is 0 Å². The van der Waals surface area contributed by atoms with Gasteiger partial charge in [0.15, 0.2) is 0 Å². The minimum Gasteiger partial charge on any atom is -0.481 e. The molecule has 4 nitrogen and oxygen atoms in total. The van der Waals surface area contributed by atoms with Crippen molar-refractivity contribution < 1.29 is 14.7 Å². The largest absolute Gasteiger partial charge is 0.481 e. The summed E-state index contributed by atoms with van der Waals surface area (Å²) >= 11 is 0. The number of nitrogens with zero attached hydrogens (tertiary/aromatic N) is 1. The van der Waals surface area contributed by atoms with Gasteiger partial charge >= 0.3 is 5.97 Å². The summed E-state index contributed by atoms with van der Waals surface area (Å²) in [7, 11) is 0. The average Bonchev–Trinajstić information content (AvgIpc) is 2.39. The molecule has 1 aliphatic heterocycles. The summed E-state index contributed by atoms with van der Waals surface area (Å²) in [4.78, 5) is 24.1. The highest BCUT2D eigenvalue weighted by Gasteiger charge is 2.40. The zero-order chi connectivity index (χ0) is 11.6. The Hall–Kier alpha value is -1.06. The van der Waals surface area contributed by atoms with E-state index in [0.29, 0.717) is 12.5 Å². The first-order chi connectivity index (χ1) is 6.93. The summed E-state index contributed by atoms with van der Waals surface area (Å²) in [6.45, 7) is 6.70. The Morgan fingerprint density at radius 3 is 2.60 bits per heavy atom. The van der Waals surface area contributed by atoms with Gasteiger partial charge in [0.1, 0.15) is 0 Å². The van der Waals surface area contributed by atoms with Crippen molar-refractivity contribution in [3.63, 3.8) is 0 Å². The Morgan fingerprint density at radius 1 is 1.60 bits per heavy atom. The lowest BCUT2D eigenvalue weighted by molar-refractivity contribution is -0.142. The quantitative estimate of drug-likeness (QED) is 0.767. The molecule has 0 bridgehead atoms. The molecule has 0 spiro atoms. The van der Waals surface area contributed by atoms with E-state index in [-0.39, 0.29) is 18.4 Å². The topological polar surface area (TPSA) is 57.6 Å². The Bertz CT molecular complexity index is 263. The Kier molecular flexibility index (Phi) is 3.72. The van der Waals surface area contributed by atoms with E-state index in [2.05, 4.69) is 13.8 Å². The SMILES string of the molecule is CC(C)CCN1C(=O)CC(C(=O)O)C1C. The maximum absolute atomic E-state index is 11.6. The van der Waals surface area contributed by atoms with Gasteiger partial charge in [-0.15, -0.1) is 0 Å². The molecule has 15 heavy (non-hydrogen) atoms. The summed E-state index contributed by atoms with van der Waals surface area (Å²) < 4.78 is 0. The van der Waals surface area contributed by atoms with Crippen LogP contribution in [0.3, 0.4) is 0 Å². The van der Waals surface area contributed by atoms with Crippen LogP contribution >= 0.6 is 0 Å². The van der Waals surface area contributed by atoms with E-state index in [9.17, 15) is 9.59 Å². The van der Waals surface area contributed by atoms with E-state index in [0.717, 1.165) is 6.42 Å². The molecule has 1 N–H and O–H groups in total. The number of carboxylic acids is 1. The lowest BCUT2D eigenvalue weighted by Gasteiger charge is -2.24. The number of aliphatic carboxylic acids is 1. The number of carboxylic acid groups (broad SMARTS) is 1. The highest BCUT2D eigenvalue weighted by atomic mass is 16.4. The van der Waals surface area contributed by atoms with Crippen LogP contribution in [0.4, 0.5) is 0 Å². The van der Waals surface area contributed by atoms with Gasteiger partial charge in [-0.3, -0.25) is 9.59 Å². The molecular formula is C11H19NO3. The Balaban J connectivity index is 2.58. The van der Waals surface area contributed by atoms with Gasteiger partial charge in [0.05, 0.1) is 5.92 Å². The number of hydrogen-bond acceptors (Lipinski definition) is 2. The molecule has 4 heteroatoms. The standard InChI is InChI=1S/C11H19NO3/c1-7(2)4-5-12-8(3)9(11(14)15)6-10(12)13/h7-9H,4-6H2,1-3H3,(H,14,15). The fraction of sp³-hybridized carbons (Fsp3) is 0.818. The zero-order valence-electron chi connectivity index (χ0n) is 9.56. The second-order valence-electron chi connectivity index (χ2n) is 4.66. The van der Waals surface area contributed by atoms with Crippen molar-refractivity contribution in [1.82, 2.24) is 4.90 Å². The van der Waals surface area contributed by atoms with Gasteiger partial charge in [-0.1, -0.05) is 13.8 Å². The van der Waals surface area contributed by atoms with Crippen LogP contribution in [0.2, 0.25) is 0 Å². The monoisotopic (exact) mass is 213 g/mol. The van der Waals surface area contributed by atoms with Crippen molar-refractivity contribution in [2.75, 3.05) is 6.54 Å². The molecule has 1 amide bonds. The highest BCUT2D eigenvalue weighted by molar-refractivity contribution is 5.86. The van der Waals surface area contributed by atoms with Gasteiger partial charge in [0.2, 0.25) is 5.91 Å². The summed E-state index contributed by atoms with van der Waals surface area (Å²) in [5.74, 6) is -0.864. The van der Waals surface area contributed by atoms with Crippen LogP contribution in [0.1, 0.15) is 33.6 Å². The van der Waals surface area contributed by atoms with Crippen molar-refractivity contribution in [3.8, 4) is 0 Å². The molecule has 2 unspecified atom stereocenters. The second kappa shape index (κ2) is 4.64. The number of carbonyl (C=O) groups is 2. The van der Waals surface area contributed by atoms with Gasteiger partial charge in [-0.05, 0) is 19.3 Å².